The number of hydrogen-bond donors (Lipinski definition) is 3. The molecule has 0 aromatic rings. The Balaban J connectivity index is 4.17. The number of ketones is 1. The summed E-state index contributed by atoms with van der Waals surface area (Å²) in [6.45, 7) is 3.93. The van der Waals surface area contributed by atoms with Crippen LogP contribution >= 0.6 is 8.58 Å². The van der Waals surface area contributed by atoms with Crippen molar-refractivity contribution in [2.24, 2.45) is 5.92 Å². The molecule has 0 radical (unpaired) electrons. The molecule has 0 bridgehead atoms. The molecule has 0 aromatic heterocycles. The van der Waals surface area contributed by atoms with E-state index >= 15 is 0 Å². The van der Waals surface area contributed by atoms with Gasteiger partial charge < -0.3 is 15.3 Å². The molecule has 4 atom stereocenters. The van der Waals surface area contributed by atoms with Crippen molar-refractivity contribution in [3.05, 3.63) is 12.2 Å². The molecule has 0 aromatic carbocycles. The highest BCUT2D eigenvalue weighted by molar-refractivity contribution is 7.58. The first-order valence-electron chi connectivity index (χ1n) is 19.4. The van der Waals surface area contributed by atoms with E-state index in [1.54, 1.807) is 0 Å². The first kappa shape index (κ1) is 44.4. The van der Waals surface area contributed by atoms with Gasteiger partial charge in [0.05, 0.1) is 12.5 Å². The molecule has 6 heteroatoms. The summed E-state index contributed by atoms with van der Waals surface area (Å²) >= 11 is 0. The van der Waals surface area contributed by atoms with Gasteiger partial charge in [0, 0.05) is 6.42 Å². The number of carbonyl (C=O) groups excluding carboxylic acids is 2. The van der Waals surface area contributed by atoms with Crippen LogP contribution in [0.4, 0.5) is 0 Å². The van der Waals surface area contributed by atoms with Crippen LogP contribution in [0.2, 0.25) is 0 Å². The van der Waals surface area contributed by atoms with E-state index in [9.17, 15) is 19.8 Å². The third kappa shape index (κ3) is 29.3. The topological polar surface area (TPSA) is 94.8 Å². The summed E-state index contributed by atoms with van der Waals surface area (Å²) in [5, 5.41) is 28.9. The van der Waals surface area contributed by atoms with Crippen LogP contribution in [0, 0.1) is 5.92 Å². The molecule has 3 N–H and O–H groups in total. The summed E-state index contributed by atoms with van der Waals surface area (Å²) in [4.78, 5) is 26.1. The number of aliphatic hydroxyl groups is 3. The van der Waals surface area contributed by atoms with Crippen LogP contribution in [-0.4, -0.2) is 45.2 Å². The predicted octanol–water partition coefficient (Wildman–Crippen LogP) is 11.0. The van der Waals surface area contributed by atoms with Gasteiger partial charge in [-0.25, -0.2) is 0 Å². The Morgan fingerprint density at radius 2 is 0.933 bits per heavy atom. The monoisotopic (exact) mass is 655 g/mol. The smallest absolute Gasteiger partial charge is 0.164 e. The van der Waals surface area contributed by atoms with Gasteiger partial charge in [-0.15, -0.1) is 0 Å². The number of aliphatic hydroxyl groups excluding tert-OH is 3. The second kappa shape index (κ2) is 34.7. The van der Waals surface area contributed by atoms with E-state index < -0.39 is 33.1 Å². The minimum atomic E-state index is -1.34. The van der Waals surface area contributed by atoms with Crippen LogP contribution < -0.4 is 0 Å². The SMILES string of the molecule is CCCCCCCCC=CCCCCCCC(C(=O)CCCCCCCCCCCCCCCCC)C(=O)PC(O)C(O)CO. The van der Waals surface area contributed by atoms with E-state index in [0.29, 0.717) is 12.8 Å². The Morgan fingerprint density at radius 1 is 0.556 bits per heavy atom. The van der Waals surface area contributed by atoms with E-state index in [0.717, 1.165) is 51.4 Å². The van der Waals surface area contributed by atoms with Crippen molar-refractivity contribution in [2.45, 2.75) is 212 Å². The minimum Gasteiger partial charge on any atom is -0.394 e. The van der Waals surface area contributed by atoms with E-state index in [-0.39, 0.29) is 11.3 Å². The van der Waals surface area contributed by atoms with Gasteiger partial charge in [-0.05, 0) is 47.1 Å². The summed E-state index contributed by atoms with van der Waals surface area (Å²) in [6.07, 6.45) is 37.6. The van der Waals surface area contributed by atoms with Crippen molar-refractivity contribution in [2.75, 3.05) is 6.61 Å². The molecule has 266 valence electrons. The van der Waals surface area contributed by atoms with Gasteiger partial charge in [-0.1, -0.05) is 167 Å². The maximum atomic E-state index is 13.1. The minimum absolute atomic E-state index is 0.00879. The third-order valence-corrected chi connectivity index (χ3v) is 10.4. The molecule has 0 saturated carbocycles. The molecule has 45 heavy (non-hydrogen) atoms. The van der Waals surface area contributed by atoms with Gasteiger partial charge in [-0.2, -0.15) is 0 Å². The van der Waals surface area contributed by atoms with Gasteiger partial charge in [0.1, 0.15) is 17.7 Å². The molecule has 0 heterocycles. The maximum Gasteiger partial charge on any atom is 0.164 e. The molecular weight excluding hydrogens is 579 g/mol. The number of allylic oxidation sites excluding steroid dienone is 2. The number of unbranched alkanes of at least 4 members (excludes halogenated alkanes) is 24. The molecular formula is C39H75O5P. The van der Waals surface area contributed by atoms with Gasteiger partial charge >= 0.3 is 0 Å². The zero-order valence-electron chi connectivity index (χ0n) is 29.8. The fourth-order valence-corrected chi connectivity index (χ4v) is 7.06. The Labute approximate surface area is 281 Å². The Morgan fingerprint density at radius 3 is 1.36 bits per heavy atom. The first-order chi connectivity index (χ1) is 22.0. The highest BCUT2D eigenvalue weighted by Gasteiger charge is 2.29. The molecule has 4 unspecified atom stereocenters. The predicted molar refractivity (Wildman–Crippen MR) is 195 cm³/mol. The van der Waals surface area contributed by atoms with Crippen LogP contribution in [0.25, 0.3) is 0 Å². The lowest BCUT2D eigenvalue weighted by atomic mass is 9.94. The molecule has 0 rings (SSSR count). The molecule has 0 aliphatic heterocycles. The Kier molecular flexibility index (Phi) is 34.2. The third-order valence-electron chi connectivity index (χ3n) is 9.08. The lowest BCUT2D eigenvalue weighted by Gasteiger charge is -2.19. The first-order valence-corrected chi connectivity index (χ1v) is 20.5. The normalized spacial score (nSPS) is 14.1. The zero-order chi connectivity index (χ0) is 33.2. The number of hydrogen-bond acceptors (Lipinski definition) is 5. The standard InChI is InChI=1S/C39H75O5P/c1-3-5-7-9-11-13-15-17-19-21-23-25-27-29-31-33-36(41)35(38(43)45-39(44)37(42)34-40)32-30-28-26-24-22-20-18-16-14-12-10-8-6-4-2/h18,20,35,37,39-40,42,44-45H,3-17,19,21-34H2,1-2H3. The highest BCUT2D eigenvalue weighted by Crippen LogP contribution is 2.30. The second-order valence-electron chi connectivity index (χ2n) is 13.4. The van der Waals surface area contributed by atoms with Crippen LogP contribution in [0.5, 0.6) is 0 Å². The van der Waals surface area contributed by atoms with Gasteiger partial charge in [0.2, 0.25) is 0 Å². The lowest BCUT2D eigenvalue weighted by Crippen LogP contribution is -2.29. The Hall–Kier alpha value is -0.610. The number of Topliss-reactive ketones (excluding diaryl/α,β-unsaturated/α-hetero) is 1. The molecule has 0 amide bonds. The molecule has 0 aliphatic rings. The van der Waals surface area contributed by atoms with Crippen molar-refractivity contribution in [3.63, 3.8) is 0 Å². The molecule has 0 spiro atoms. The fourth-order valence-electron chi connectivity index (χ4n) is 5.97. The lowest BCUT2D eigenvalue weighted by molar-refractivity contribution is -0.129. The Bertz CT molecular complexity index is 682. The largest absolute Gasteiger partial charge is 0.394 e. The van der Waals surface area contributed by atoms with E-state index in [4.69, 9.17) is 5.11 Å². The van der Waals surface area contributed by atoms with Gasteiger partial charge in [-0.3, -0.25) is 9.59 Å². The van der Waals surface area contributed by atoms with E-state index in [1.165, 1.54) is 122 Å². The van der Waals surface area contributed by atoms with Crippen LogP contribution in [0.3, 0.4) is 0 Å². The number of carbonyl (C=O) groups is 2. The summed E-state index contributed by atoms with van der Waals surface area (Å²) in [5.41, 5.74) is -0.265. The summed E-state index contributed by atoms with van der Waals surface area (Å²) in [5.74, 6) is -2.00. The van der Waals surface area contributed by atoms with Crippen LogP contribution in [0.15, 0.2) is 12.2 Å². The fraction of sp³-hybridized carbons (Fsp3) is 0.897. The van der Waals surface area contributed by atoms with E-state index in [1.807, 2.05) is 0 Å². The van der Waals surface area contributed by atoms with Crippen molar-refractivity contribution in [1.29, 1.82) is 0 Å². The summed E-state index contributed by atoms with van der Waals surface area (Å²) in [6, 6.07) is 0. The van der Waals surface area contributed by atoms with Crippen molar-refractivity contribution < 1.29 is 24.9 Å². The molecule has 0 aliphatic carbocycles. The van der Waals surface area contributed by atoms with Gasteiger partial charge in [0.25, 0.3) is 0 Å². The van der Waals surface area contributed by atoms with Crippen molar-refractivity contribution >= 4 is 19.9 Å². The van der Waals surface area contributed by atoms with E-state index in [2.05, 4.69) is 26.0 Å². The van der Waals surface area contributed by atoms with Crippen LogP contribution in [0.1, 0.15) is 200 Å². The van der Waals surface area contributed by atoms with Gasteiger partial charge in [0.15, 0.2) is 5.52 Å². The second-order valence-corrected chi connectivity index (χ2v) is 14.8. The summed E-state index contributed by atoms with van der Waals surface area (Å²) in [7, 11) is -0.568. The molecule has 0 saturated heterocycles. The maximum absolute atomic E-state index is 13.1. The van der Waals surface area contributed by atoms with Crippen molar-refractivity contribution in [3.8, 4) is 0 Å². The highest BCUT2D eigenvalue weighted by atomic mass is 31.1. The zero-order valence-corrected chi connectivity index (χ0v) is 30.8. The van der Waals surface area contributed by atoms with Crippen molar-refractivity contribution in [1.82, 2.24) is 0 Å². The average molecular weight is 655 g/mol. The number of rotatable bonds is 36. The average Bonchev–Trinajstić information content (AvgIpc) is 3.04. The quantitative estimate of drug-likeness (QED) is 0.0270. The molecule has 5 nitrogen and oxygen atoms in total. The molecule has 0 fully saturated rings. The van der Waals surface area contributed by atoms with Crippen LogP contribution in [-0.2, 0) is 9.59 Å². The summed E-state index contributed by atoms with van der Waals surface area (Å²) < 4.78 is 0.